The summed E-state index contributed by atoms with van der Waals surface area (Å²) in [5.41, 5.74) is 1.52. The minimum absolute atomic E-state index is 0.0181. The van der Waals surface area contributed by atoms with Gasteiger partial charge in [-0.1, -0.05) is 13.8 Å². The summed E-state index contributed by atoms with van der Waals surface area (Å²) < 4.78 is 10.8. The van der Waals surface area contributed by atoms with Crippen molar-refractivity contribution in [2.75, 3.05) is 19.0 Å². The molecule has 1 fully saturated rings. The smallest absolute Gasteiger partial charge is 0.225 e. The molecule has 0 bridgehead atoms. The van der Waals surface area contributed by atoms with Gasteiger partial charge >= 0.3 is 0 Å². The van der Waals surface area contributed by atoms with Crippen LogP contribution in [0.3, 0.4) is 0 Å². The fraction of sp³-hybridized carbons (Fsp3) is 0.500. The van der Waals surface area contributed by atoms with Gasteiger partial charge in [-0.15, -0.1) is 0 Å². The van der Waals surface area contributed by atoms with Crippen molar-refractivity contribution < 1.29 is 13.9 Å². The Morgan fingerprint density at radius 3 is 3.00 bits per heavy atom. The quantitative estimate of drug-likeness (QED) is 0.824. The number of carbonyl (C=O) groups is 1. The molecule has 1 amide bonds. The summed E-state index contributed by atoms with van der Waals surface area (Å²) in [5, 5.41) is 6.50. The summed E-state index contributed by atoms with van der Waals surface area (Å²) in [6.45, 7) is 5.45. The molecule has 1 aromatic heterocycles. The van der Waals surface area contributed by atoms with Crippen LogP contribution in [-0.2, 0) is 4.79 Å². The summed E-state index contributed by atoms with van der Waals surface area (Å²) in [6, 6.07) is 5.76. The molecule has 0 saturated carbocycles. The van der Waals surface area contributed by atoms with E-state index in [0.717, 1.165) is 12.1 Å². The Morgan fingerprint density at radius 2 is 2.31 bits per heavy atom. The number of anilines is 1. The van der Waals surface area contributed by atoms with E-state index in [4.69, 9.17) is 9.15 Å². The lowest BCUT2D eigenvalue weighted by atomic mass is 9.81. The van der Waals surface area contributed by atoms with Crippen LogP contribution >= 0.6 is 0 Å². The summed E-state index contributed by atoms with van der Waals surface area (Å²) in [5.74, 6) is 2.39. The zero-order valence-electron chi connectivity index (χ0n) is 15.6. The molecule has 1 aliphatic rings. The molecular weight excluding hydrogens is 330 g/mol. The third kappa shape index (κ3) is 4.25. The number of amides is 1. The number of aromatic nitrogens is 1. The van der Waals surface area contributed by atoms with Crippen LogP contribution in [0.15, 0.2) is 35.2 Å². The molecule has 1 saturated heterocycles. The van der Waals surface area contributed by atoms with E-state index < -0.39 is 0 Å². The van der Waals surface area contributed by atoms with Gasteiger partial charge in [0, 0.05) is 24.2 Å². The molecule has 6 heteroatoms. The number of ether oxygens (including phenoxy) is 1. The monoisotopic (exact) mass is 357 g/mol. The topological polar surface area (TPSA) is 76.4 Å². The van der Waals surface area contributed by atoms with Crippen molar-refractivity contribution in [2.24, 2.45) is 11.8 Å². The Hall–Kier alpha value is -2.34. The van der Waals surface area contributed by atoms with Crippen molar-refractivity contribution in [2.45, 2.75) is 39.2 Å². The second kappa shape index (κ2) is 8.36. The molecule has 6 nitrogen and oxygen atoms in total. The van der Waals surface area contributed by atoms with Crippen LogP contribution in [-0.4, -0.2) is 30.6 Å². The Bertz CT molecular complexity index is 728. The van der Waals surface area contributed by atoms with Crippen LogP contribution in [0.2, 0.25) is 0 Å². The van der Waals surface area contributed by atoms with Gasteiger partial charge in [0.15, 0.2) is 12.2 Å². The molecule has 140 valence electrons. The van der Waals surface area contributed by atoms with Crippen molar-refractivity contribution in [3.05, 3.63) is 30.8 Å². The number of methoxy groups -OCH3 is 1. The first-order valence-corrected chi connectivity index (χ1v) is 9.18. The van der Waals surface area contributed by atoms with Gasteiger partial charge in [0.05, 0.1) is 18.9 Å². The Morgan fingerprint density at radius 1 is 1.46 bits per heavy atom. The maximum absolute atomic E-state index is 12.5. The zero-order chi connectivity index (χ0) is 18.5. The van der Waals surface area contributed by atoms with E-state index in [-0.39, 0.29) is 11.9 Å². The van der Waals surface area contributed by atoms with Crippen LogP contribution < -0.4 is 15.4 Å². The molecule has 26 heavy (non-hydrogen) atoms. The zero-order valence-corrected chi connectivity index (χ0v) is 15.6. The highest BCUT2D eigenvalue weighted by Gasteiger charge is 2.28. The number of rotatable bonds is 6. The number of hydrogen-bond donors (Lipinski definition) is 2. The normalized spacial score (nSPS) is 20.2. The average molecular weight is 357 g/mol. The van der Waals surface area contributed by atoms with Gasteiger partial charge < -0.3 is 19.8 Å². The van der Waals surface area contributed by atoms with E-state index in [1.54, 1.807) is 13.3 Å². The predicted molar refractivity (Wildman–Crippen MR) is 101 cm³/mol. The average Bonchev–Trinajstić information content (AvgIpc) is 3.16. The van der Waals surface area contributed by atoms with E-state index in [2.05, 4.69) is 29.5 Å². The summed E-state index contributed by atoms with van der Waals surface area (Å²) in [6.07, 6.45) is 5.86. The van der Waals surface area contributed by atoms with Gasteiger partial charge in [0.2, 0.25) is 5.91 Å². The second-order valence-electron chi connectivity index (χ2n) is 7.14. The van der Waals surface area contributed by atoms with E-state index >= 15 is 0 Å². The second-order valence-corrected chi connectivity index (χ2v) is 7.14. The fourth-order valence-corrected chi connectivity index (χ4v) is 3.73. The largest absolute Gasteiger partial charge is 0.496 e. The minimum atomic E-state index is 0.0181. The first kappa shape index (κ1) is 18.5. The minimum Gasteiger partial charge on any atom is -0.496 e. The standard InChI is InChI=1S/C20H27N3O3/c1-13(2)15-5-4-8-22-17(15)10-20(24)23-14-6-7-16(18(9-14)25-3)19-11-21-12-26-19/h6-7,9,11-13,15,17,22H,4-5,8,10H2,1-3H3,(H,23,24)/t15-,17-/m1/s1. The molecule has 1 aromatic carbocycles. The molecular formula is C20H27N3O3. The molecule has 0 spiro atoms. The third-order valence-electron chi connectivity index (χ3n) is 5.08. The molecule has 0 unspecified atom stereocenters. The van der Waals surface area contributed by atoms with Crippen LogP contribution in [0.5, 0.6) is 5.75 Å². The predicted octanol–water partition coefficient (Wildman–Crippen LogP) is 3.70. The van der Waals surface area contributed by atoms with Gasteiger partial charge in [-0.05, 0) is 43.4 Å². The number of nitrogens with zero attached hydrogens (tertiary/aromatic N) is 1. The number of piperidine rings is 1. The number of oxazole rings is 1. The summed E-state index contributed by atoms with van der Waals surface area (Å²) in [4.78, 5) is 16.5. The van der Waals surface area contributed by atoms with Gasteiger partial charge in [-0.25, -0.2) is 4.98 Å². The lowest BCUT2D eigenvalue weighted by Crippen LogP contribution is -2.45. The van der Waals surface area contributed by atoms with Crippen molar-refractivity contribution >= 4 is 11.6 Å². The molecule has 1 aliphatic heterocycles. The molecule has 2 atom stereocenters. The molecule has 2 heterocycles. The number of carbonyl (C=O) groups excluding carboxylic acids is 1. The van der Waals surface area contributed by atoms with E-state index in [9.17, 15) is 4.79 Å². The Kier molecular flexibility index (Phi) is 5.93. The molecule has 2 aromatic rings. The van der Waals surface area contributed by atoms with Crippen molar-refractivity contribution in [3.63, 3.8) is 0 Å². The highest BCUT2D eigenvalue weighted by molar-refractivity contribution is 5.92. The van der Waals surface area contributed by atoms with Crippen molar-refractivity contribution in [1.29, 1.82) is 0 Å². The highest BCUT2D eigenvalue weighted by atomic mass is 16.5. The fourth-order valence-electron chi connectivity index (χ4n) is 3.73. The number of benzene rings is 1. The Balaban J connectivity index is 1.67. The van der Waals surface area contributed by atoms with Crippen molar-refractivity contribution in [3.8, 4) is 17.1 Å². The maximum Gasteiger partial charge on any atom is 0.225 e. The lowest BCUT2D eigenvalue weighted by molar-refractivity contribution is -0.117. The molecule has 0 aliphatic carbocycles. The number of nitrogens with one attached hydrogen (secondary N) is 2. The first-order chi connectivity index (χ1) is 12.6. The van der Waals surface area contributed by atoms with Crippen LogP contribution in [0.1, 0.15) is 33.1 Å². The highest BCUT2D eigenvalue weighted by Crippen LogP contribution is 2.32. The van der Waals surface area contributed by atoms with Crippen LogP contribution in [0.25, 0.3) is 11.3 Å². The van der Waals surface area contributed by atoms with Gasteiger partial charge in [-0.3, -0.25) is 4.79 Å². The van der Waals surface area contributed by atoms with Crippen molar-refractivity contribution in [1.82, 2.24) is 10.3 Å². The Labute approximate surface area is 154 Å². The SMILES string of the molecule is COc1cc(NC(=O)C[C@H]2NCCC[C@@H]2C(C)C)ccc1-c1cnco1. The van der Waals surface area contributed by atoms with E-state index in [1.807, 2.05) is 18.2 Å². The van der Waals surface area contributed by atoms with Gasteiger partial charge in [0.25, 0.3) is 0 Å². The summed E-state index contributed by atoms with van der Waals surface area (Å²) >= 11 is 0. The van der Waals surface area contributed by atoms with Gasteiger partial charge in [-0.2, -0.15) is 0 Å². The molecule has 2 N–H and O–H groups in total. The summed E-state index contributed by atoms with van der Waals surface area (Å²) in [7, 11) is 1.60. The number of hydrogen-bond acceptors (Lipinski definition) is 5. The third-order valence-corrected chi connectivity index (χ3v) is 5.08. The van der Waals surface area contributed by atoms with Crippen LogP contribution in [0.4, 0.5) is 5.69 Å². The first-order valence-electron chi connectivity index (χ1n) is 9.18. The molecule has 3 rings (SSSR count). The lowest BCUT2D eigenvalue weighted by Gasteiger charge is -2.35. The van der Waals surface area contributed by atoms with Crippen LogP contribution in [0, 0.1) is 11.8 Å². The van der Waals surface area contributed by atoms with E-state index in [1.165, 1.54) is 19.2 Å². The van der Waals surface area contributed by atoms with E-state index in [0.29, 0.717) is 35.5 Å². The molecule has 0 radical (unpaired) electrons. The maximum atomic E-state index is 12.5. The van der Waals surface area contributed by atoms with Gasteiger partial charge in [0.1, 0.15) is 5.75 Å².